The average Bonchev–Trinajstić information content (AvgIpc) is 2.30. The molecule has 1 aromatic carbocycles. The Morgan fingerprint density at radius 1 is 0.933 bits per heavy atom. The molecule has 0 radical (unpaired) electrons. The van der Waals surface area contributed by atoms with Crippen molar-refractivity contribution in [1.82, 2.24) is 4.98 Å². The normalized spacial score (nSPS) is 12.4. The fourth-order valence-electron chi connectivity index (χ4n) is 1.43. The van der Waals surface area contributed by atoms with Gasteiger partial charge in [0.25, 0.3) is 0 Å². The van der Waals surface area contributed by atoms with E-state index in [9.17, 15) is 4.39 Å². The number of hydrogen-bond acceptors (Lipinski definition) is 2. The molecule has 0 aliphatic rings. The topological polar surface area (TPSA) is 38.9 Å². The number of aromatic nitrogens is 1. The van der Waals surface area contributed by atoms with Crippen LogP contribution in [0.5, 0.6) is 0 Å². The first-order valence-corrected chi connectivity index (χ1v) is 4.68. The van der Waals surface area contributed by atoms with Gasteiger partial charge in [-0.2, -0.15) is 0 Å². The Kier molecular flexibility index (Phi) is 2.74. The van der Waals surface area contributed by atoms with Crippen molar-refractivity contribution in [3.63, 3.8) is 0 Å². The van der Waals surface area contributed by atoms with E-state index in [0.717, 1.165) is 11.1 Å². The minimum absolute atomic E-state index is 0.228. The van der Waals surface area contributed by atoms with Gasteiger partial charge in [0.05, 0.1) is 6.04 Å². The Labute approximate surface area is 87.6 Å². The molecule has 0 amide bonds. The number of hydrogen-bond donors (Lipinski definition) is 1. The molecular formula is C12H11FN2. The molecule has 1 unspecified atom stereocenters. The monoisotopic (exact) mass is 202 g/mol. The summed E-state index contributed by atoms with van der Waals surface area (Å²) in [5, 5.41) is 0. The number of rotatable bonds is 2. The molecule has 1 atom stereocenters. The second-order valence-corrected chi connectivity index (χ2v) is 3.31. The number of halogens is 1. The fourth-order valence-corrected chi connectivity index (χ4v) is 1.43. The minimum Gasteiger partial charge on any atom is -0.320 e. The maximum atomic E-state index is 12.7. The molecular weight excluding hydrogens is 191 g/mol. The number of benzene rings is 1. The highest BCUT2D eigenvalue weighted by atomic mass is 19.1. The van der Waals surface area contributed by atoms with Gasteiger partial charge in [-0.05, 0) is 35.4 Å². The lowest BCUT2D eigenvalue weighted by molar-refractivity contribution is 0.626. The Morgan fingerprint density at radius 2 is 1.47 bits per heavy atom. The molecule has 3 heteroatoms. The average molecular weight is 202 g/mol. The second-order valence-electron chi connectivity index (χ2n) is 3.31. The summed E-state index contributed by atoms with van der Waals surface area (Å²) in [6.07, 6.45) is 3.39. The van der Waals surface area contributed by atoms with Crippen molar-refractivity contribution < 1.29 is 4.39 Å². The molecule has 2 nitrogen and oxygen atoms in total. The van der Waals surface area contributed by atoms with Crippen molar-refractivity contribution in [3.05, 3.63) is 65.7 Å². The largest absolute Gasteiger partial charge is 0.320 e. The van der Waals surface area contributed by atoms with Gasteiger partial charge in [0.1, 0.15) is 5.82 Å². The summed E-state index contributed by atoms with van der Waals surface area (Å²) in [6.45, 7) is 0. The molecule has 0 aliphatic carbocycles. The van der Waals surface area contributed by atoms with Crippen LogP contribution in [0.25, 0.3) is 0 Å². The van der Waals surface area contributed by atoms with Crippen molar-refractivity contribution in [3.8, 4) is 0 Å². The summed E-state index contributed by atoms with van der Waals surface area (Å²) in [5.74, 6) is -0.249. The van der Waals surface area contributed by atoms with Crippen LogP contribution in [0, 0.1) is 5.82 Å². The first-order valence-electron chi connectivity index (χ1n) is 4.68. The molecule has 15 heavy (non-hydrogen) atoms. The van der Waals surface area contributed by atoms with Crippen LogP contribution in [0.4, 0.5) is 4.39 Å². The predicted octanol–water partition coefficient (Wildman–Crippen LogP) is 2.27. The minimum atomic E-state index is -0.249. The first-order chi connectivity index (χ1) is 7.27. The van der Waals surface area contributed by atoms with Gasteiger partial charge in [0.2, 0.25) is 0 Å². The van der Waals surface area contributed by atoms with Crippen molar-refractivity contribution >= 4 is 0 Å². The van der Waals surface area contributed by atoms with Crippen LogP contribution in [-0.2, 0) is 0 Å². The van der Waals surface area contributed by atoms with Crippen LogP contribution in [-0.4, -0.2) is 4.98 Å². The van der Waals surface area contributed by atoms with E-state index in [1.165, 1.54) is 12.1 Å². The number of pyridine rings is 1. The van der Waals surface area contributed by atoms with Crippen LogP contribution >= 0.6 is 0 Å². The van der Waals surface area contributed by atoms with Crippen LogP contribution < -0.4 is 5.73 Å². The van der Waals surface area contributed by atoms with E-state index in [-0.39, 0.29) is 11.9 Å². The van der Waals surface area contributed by atoms with Gasteiger partial charge in [-0.3, -0.25) is 4.98 Å². The maximum Gasteiger partial charge on any atom is 0.123 e. The zero-order valence-corrected chi connectivity index (χ0v) is 8.10. The zero-order chi connectivity index (χ0) is 10.7. The molecule has 0 saturated carbocycles. The van der Waals surface area contributed by atoms with E-state index in [0.29, 0.717) is 0 Å². The Bertz CT molecular complexity index is 425. The van der Waals surface area contributed by atoms with Crippen LogP contribution in [0.1, 0.15) is 17.2 Å². The molecule has 0 spiro atoms. The van der Waals surface area contributed by atoms with E-state index in [1.54, 1.807) is 24.5 Å². The molecule has 1 heterocycles. The van der Waals surface area contributed by atoms with Crippen molar-refractivity contribution in [2.45, 2.75) is 6.04 Å². The molecule has 0 bridgehead atoms. The SMILES string of the molecule is NC(c1ccncc1)c1ccc(F)cc1. The van der Waals surface area contributed by atoms with E-state index in [2.05, 4.69) is 4.98 Å². The third-order valence-corrected chi connectivity index (χ3v) is 2.29. The summed E-state index contributed by atoms with van der Waals surface area (Å²) in [6, 6.07) is 9.70. The van der Waals surface area contributed by atoms with Crippen molar-refractivity contribution in [1.29, 1.82) is 0 Å². The standard InChI is InChI=1S/C12H11FN2/c13-11-3-1-9(2-4-11)12(14)10-5-7-15-8-6-10/h1-8,12H,14H2. The van der Waals surface area contributed by atoms with Crippen LogP contribution in [0.3, 0.4) is 0 Å². The third kappa shape index (κ3) is 2.19. The number of nitrogens with zero attached hydrogens (tertiary/aromatic N) is 1. The van der Waals surface area contributed by atoms with Gasteiger partial charge >= 0.3 is 0 Å². The summed E-state index contributed by atoms with van der Waals surface area (Å²) < 4.78 is 12.7. The summed E-state index contributed by atoms with van der Waals surface area (Å²) >= 11 is 0. The molecule has 76 valence electrons. The highest BCUT2D eigenvalue weighted by molar-refractivity contribution is 5.29. The lowest BCUT2D eigenvalue weighted by Crippen LogP contribution is -2.11. The van der Waals surface area contributed by atoms with Gasteiger partial charge in [0.15, 0.2) is 0 Å². The van der Waals surface area contributed by atoms with Crippen molar-refractivity contribution in [2.24, 2.45) is 5.73 Å². The van der Waals surface area contributed by atoms with E-state index in [4.69, 9.17) is 5.73 Å². The van der Waals surface area contributed by atoms with Gasteiger partial charge in [-0.25, -0.2) is 4.39 Å². The van der Waals surface area contributed by atoms with E-state index >= 15 is 0 Å². The van der Waals surface area contributed by atoms with E-state index < -0.39 is 0 Å². The molecule has 2 rings (SSSR count). The first kappa shape index (κ1) is 9.80. The Morgan fingerprint density at radius 3 is 2.07 bits per heavy atom. The molecule has 0 aliphatic heterocycles. The quantitative estimate of drug-likeness (QED) is 0.811. The zero-order valence-electron chi connectivity index (χ0n) is 8.10. The molecule has 1 aromatic heterocycles. The van der Waals surface area contributed by atoms with Gasteiger partial charge in [-0.1, -0.05) is 12.1 Å². The summed E-state index contributed by atoms with van der Waals surface area (Å²) in [7, 11) is 0. The second kappa shape index (κ2) is 4.19. The van der Waals surface area contributed by atoms with Gasteiger partial charge in [0, 0.05) is 12.4 Å². The van der Waals surface area contributed by atoms with Crippen molar-refractivity contribution in [2.75, 3.05) is 0 Å². The lowest BCUT2D eigenvalue weighted by Gasteiger charge is -2.11. The highest BCUT2D eigenvalue weighted by Crippen LogP contribution is 2.18. The molecule has 2 aromatic rings. The lowest BCUT2D eigenvalue weighted by atomic mass is 10.0. The Balaban J connectivity index is 2.29. The van der Waals surface area contributed by atoms with E-state index in [1.807, 2.05) is 12.1 Å². The molecule has 0 saturated heterocycles. The maximum absolute atomic E-state index is 12.7. The fraction of sp³-hybridized carbons (Fsp3) is 0.0833. The molecule has 2 N–H and O–H groups in total. The molecule has 0 fully saturated rings. The summed E-state index contributed by atoms with van der Waals surface area (Å²) in [4.78, 5) is 3.92. The summed E-state index contributed by atoms with van der Waals surface area (Å²) in [5.41, 5.74) is 7.88. The highest BCUT2D eigenvalue weighted by Gasteiger charge is 2.07. The van der Waals surface area contributed by atoms with Gasteiger partial charge < -0.3 is 5.73 Å². The van der Waals surface area contributed by atoms with Gasteiger partial charge in [-0.15, -0.1) is 0 Å². The number of nitrogens with two attached hydrogens (primary N) is 1. The smallest absolute Gasteiger partial charge is 0.123 e. The Hall–Kier alpha value is -1.74. The third-order valence-electron chi connectivity index (χ3n) is 2.29. The van der Waals surface area contributed by atoms with Crippen LogP contribution in [0.15, 0.2) is 48.8 Å². The van der Waals surface area contributed by atoms with Crippen LogP contribution in [0.2, 0.25) is 0 Å². The predicted molar refractivity (Wildman–Crippen MR) is 56.7 cm³/mol.